The molecule has 0 saturated heterocycles. The van der Waals surface area contributed by atoms with Crippen LogP contribution in [-0.4, -0.2) is 23.2 Å². The monoisotopic (exact) mass is 481 g/mol. The third kappa shape index (κ3) is 5.44. The maximum absolute atomic E-state index is 13.8. The predicted octanol–water partition coefficient (Wildman–Crippen LogP) is 6.20. The largest absolute Gasteiger partial charge is 0.423 e. The highest BCUT2D eigenvalue weighted by molar-refractivity contribution is 7.54. The van der Waals surface area contributed by atoms with Crippen LogP contribution in [0.3, 0.4) is 0 Å². The number of benzene rings is 1. The molecule has 8 nitrogen and oxygen atoms in total. The van der Waals surface area contributed by atoms with Gasteiger partial charge in [0.15, 0.2) is 10.9 Å². The fraction of sp³-hybridized carbons (Fsp3) is 0.455. The lowest BCUT2D eigenvalue weighted by atomic mass is 10.1. The molecule has 0 saturated carbocycles. The minimum absolute atomic E-state index is 0.190. The Kier molecular flexibility index (Phi) is 8.17. The van der Waals surface area contributed by atoms with Crippen molar-refractivity contribution in [2.75, 3.05) is 18.5 Å². The van der Waals surface area contributed by atoms with Crippen LogP contribution < -0.4 is 10.9 Å². The molecule has 0 bridgehead atoms. The number of hydrogen-bond acceptors (Lipinski definition) is 7. The number of aromatic nitrogens is 2. The zero-order chi connectivity index (χ0) is 23.3. The van der Waals surface area contributed by atoms with Gasteiger partial charge in [-0.25, -0.2) is 9.78 Å². The number of nitrogens with zero attached hydrogens (tertiary/aromatic N) is 1. The summed E-state index contributed by atoms with van der Waals surface area (Å²) < 4.78 is 30.4. The van der Waals surface area contributed by atoms with Crippen molar-refractivity contribution in [2.45, 2.75) is 52.7 Å². The lowest BCUT2D eigenvalue weighted by Crippen LogP contribution is -2.16. The van der Waals surface area contributed by atoms with E-state index in [4.69, 9.17) is 25.1 Å². The first-order valence-corrected chi connectivity index (χ1v) is 12.7. The summed E-state index contributed by atoms with van der Waals surface area (Å²) in [6, 6.07) is 6.77. The number of imidazole rings is 1. The number of fused-ring (bicyclic) bond motifs is 1. The molecule has 1 aromatic carbocycles. The van der Waals surface area contributed by atoms with Gasteiger partial charge in [0.2, 0.25) is 0 Å². The summed E-state index contributed by atoms with van der Waals surface area (Å²) in [5.41, 5.74) is 1.78. The van der Waals surface area contributed by atoms with E-state index in [1.165, 1.54) is 6.07 Å². The lowest BCUT2D eigenvalue weighted by Gasteiger charge is -2.27. The molecule has 0 spiro atoms. The Bertz CT molecular complexity index is 1170. The van der Waals surface area contributed by atoms with Gasteiger partial charge in [-0.1, -0.05) is 24.9 Å². The Morgan fingerprint density at radius 1 is 1.22 bits per heavy atom. The molecule has 174 valence electrons. The molecule has 1 unspecified atom stereocenters. The van der Waals surface area contributed by atoms with Gasteiger partial charge in [0.05, 0.1) is 18.9 Å². The lowest BCUT2D eigenvalue weighted by molar-refractivity contribution is 0.214. The van der Waals surface area contributed by atoms with Crippen molar-refractivity contribution in [1.29, 1.82) is 0 Å². The van der Waals surface area contributed by atoms with Gasteiger partial charge in [-0.2, -0.15) is 0 Å². The smallest absolute Gasteiger partial charge is 0.358 e. The zero-order valence-corrected chi connectivity index (χ0v) is 20.4. The summed E-state index contributed by atoms with van der Waals surface area (Å²) in [7, 11) is -3.69. The van der Waals surface area contributed by atoms with E-state index in [-0.39, 0.29) is 18.4 Å². The van der Waals surface area contributed by atoms with Crippen molar-refractivity contribution in [2.24, 2.45) is 0 Å². The second kappa shape index (κ2) is 10.7. The fourth-order valence-corrected chi connectivity index (χ4v) is 5.72. The molecule has 0 amide bonds. The molecule has 3 rings (SSSR count). The molecule has 2 aromatic heterocycles. The van der Waals surface area contributed by atoms with Crippen LogP contribution in [-0.2, 0) is 20.0 Å². The van der Waals surface area contributed by atoms with Gasteiger partial charge >= 0.3 is 13.2 Å². The number of H-pyrrole nitrogens is 1. The molecule has 0 radical (unpaired) electrons. The Labute approximate surface area is 192 Å². The average molecular weight is 482 g/mol. The molecule has 0 aliphatic carbocycles. The molecule has 0 aliphatic heterocycles. The van der Waals surface area contributed by atoms with Crippen molar-refractivity contribution in [3.8, 4) is 0 Å². The summed E-state index contributed by atoms with van der Waals surface area (Å²) in [4.78, 5) is 19.4. The van der Waals surface area contributed by atoms with Crippen molar-refractivity contribution in [3.63, 3.8) is 0 Å². The van der Waals surface area contributed by atoms with Gasteiger partial charge in [-0.3, -0.25) is 4.57 Å². The van der Waals surface area contributed by atoms with E-state index in [0.717, 1.165) is 30.2 Å². The Morgan fingerprint density at radius 2 is 1.94 bits per heavy atom. The standard InChI is InChI=1S/C22H29ClN3O5P/c1-5-8-9-18-25-20(21(23)26-18)22(32(28,29-6-2)30-7-3)24-15-10-11-16-14(4)12-19(27)31-17(16)13-15/h10-13,22,24H,5-9H2,1-4H3,(H,25,26). The average Bonchev–Trinajstić information content (AvgIpc) is 3.10. The minimum Gasteiger partial charge on any atom is -0.423 e. The number of aromatic amines is 1. The molecular formula is C22H29ClN3O5P. The van der Waals surface area contributed by atoms with Crippen LogP contribution in [0.25, 0.3) is 11.0 Å². The Balaban J connectivity index is 2.07. The molecule has 1 atom stereocenters. The molecular weight excluding hydrogens is 453 g/mol. The highest BCUT2D eigenvalue weighted by Gasteiger charge is 2.40. The zero-order valence-electron chi connectivity index (χ0n) is 18.7. The van der Waals surface area contributed by atoms with Crippen LogP contribution in [0.1, 0.15) is 56.5 Å². The number of halogens is 1. The summed E-state index contributed by atoms with van der Waals surface area (Å²) in [6.45, 7) is 7.81. The van der Waals surface area contributed by atoms with E-state index in [1.807, 2.05) is 19.1 Å². The fourth-order valence-electron chi connectivity index (χ4n) is 3.49. The van der Waals surface area contributed by atoms with Crippen molar-refractivity contribution < 1.29 is 18.0 Å². The molecule has 3 aromatic rings. The minimum atomic E-state index is -3.69. The summed E-state index contributed by atoms with van der Waals surface area (Å²) in [5.74, 6) is -0.231. The highest BCUT2D eigenvalue weighted by atomic mass is 35.5. The number of rotatable bonds is 11. The quantitative estimate of drug-likeness (QED) is 0.248. The number of hydrogen-bond donors (Lipinski definition) is 2. The van der Waals surface area contributed by atoms with Gasteiger partial charge in [-0.05, 0) is 44.9 Å². The van der Waals surface area contributed by atoms with Gasteiger partial charge in [0.25, 0.3) is 0 Å². The normalized spacial score (nSPS) is 12.9. The summed E-state index contributed by atoms with van der Waals surface area (Å²) in [5, 5.41) is 4.23. The first-order valence-electron chi connectivity index (χ1n) is 10.7. The van der Waals surface area contributed by atoms with Crippen molar-refractivity contribution in [1.82, 2.24) is 9.97 Å². The first kappa shape index (κ1) is 24.5. The Morgan fingerprint density at radius 3 is 2.59 bits per heavy atom. The molecule has 2 heterocycles. The highest BCUT2D eigenvalue weighted by Crippen LogP contribution is 2.61. The van der Waals surface area contributed by atoms with Gasteiger partial charge < -0.3 is 23.8 Å². The van der Waals surface area contributed by atoms with E-state index in [1.54, 1.807) is 19.9 Å². The second-order valence-corrected chi connectivity index (χ2v) is 9.84. The predicted molar refractivity (Wildman–Crippen MR) is 127 cm³/mol. The number of unbranched alkanes of at least 4 members (excludes halogenated alkanes) is 1. The third-order valence-electron chi connectivity index (χ3n) is 4.96. The van der Waals surface area contributed by atoms with Crippen LogP contribution in [0, 0.1) is 6.92 Å². The number of anilines is 1. The molecule has 0 fully saturated rings. The SMILES string of the molecule is CCCCc1nc(Cl)c(C(Nc2ccc3c(C)cc(=O)oc3c2)P(=O)(OCC)OCC)[nH]1. The van der Waals surface area contributed by atoms with Gasteiger partial charge in [-0.15, -0.1) is 0 Å². The van der Waals surface area contributed by atoms with Gasteiger partial charge in [0, 0.05) is 29.6 Å². The van der Waals surface area contributed by atoms with Crippen LogP contribution >= 0.6 is 19.2 Å². The van der Waals surface area contributed by atoms with Crippen LogP contribution in [0.2, 0.25) is 5.15 Å². The topological polar surface area (TPSA) is 106 Å². The maximum atomic E-state index is 13.8. The Hall–Kier alpha value is -2.12. The molecule has 0 aliphatic rings. The third-order valence-corrected chi connectivity index (χ3v) is 7.51. The van der Waals surface area contributed by atoms with E-state index in [0.29, 0.717) is 22.8 Å². The van der Waals surface area contributed by atoms with Gasteiger partial charge in [0.1, 0.15) is 11.4 Å². The molecule has 2 N–H and O–H groups in total. The van der Waals surface area contributed by atoms with E-state index in [2.05, 4.69) is 22.2 Å². The maximum Gasteiger partial charge on any atom is 0.358 e. The van der Waals surface area contributed by atoms with E-state index >= 15 is 0 Å². The number of nitrogens with one attached hydrogen (secondary N) is 2. The van der Waals surface area contributed by atoms with Crippen molar-refractivity contribution in [3.05, 3.63) is 56.9 Å². The van der Waals surface area contributed by atoms with Crippen molar-refractivity contribution >= 4 is 35.9 Å². The van der Waals surface area contributed by atoms with Crippen LogP contribution in [0.4, 0.5) is 5.69 Å². The number of aryl methyl sites for hydroxylation is 2. The molecule has 32 heavy (non-hydrogen) atoms. The second-order valence-electron chi connectivity index (χ2n) is 7.37. The van der Waals surface area contributed by atoms with E-state index in [9.17, 15) is 9.36 Å². The van der Waals surface area contributed by atoms with Crippen LogP contribution in [0.15, 0.2) is 33.5 Å². The van der Waals surface area contributed by atoms with Crippen LogP contribution in [0.5, 0.6) is 0 Å². The molecule has 10 heteroatoms. The summed E-state index contributed by atoms with van der Waals surface area (Å²) >= 11 is 6.45. The van der Waals surface area contributed by atoms with E-state index < -0.39 is 19.0 Å². The summed E-state index contributed by atoms with van der Waals surface area (Å²) in [6.07, 6.45) is 2.67. The first-order chi connectivity index (χ1) is 15.3.